The van der Waals surface area contributed by atoms with Crippen LogP contribution in [0.15, 0.2) is 0 Å². The third-order valence-corrected chi connectivity index (χ3v) is 4.27. The molecule has 3 atom stereocenters. The maximum absolute atomic E-state index is 5.04. The number of methoxy groups -OCH3 is 1. The van der Waals surface area contributed by atoms with Crippen molar-refractivity contribution in [2.75, 3.05) is 32.1 Å². The van der Waals surface area contributed by atoms with Crippen LogP contribution in [-0.4, -0.2) is 47.0 Å². The summed E-state index contributed by atoms with van der Waals surface area (Å²) in [5, 5.41) is 4.34. The van der Waals surface area contributed by atoms with Gasteiger partial charge in [0.15, 0.2) is 5.82 Å². The van der Waals surface area contributed by atoms with Crippen molar-refractivity contribution in [1.82, 2.24) is 14.3 Å². The molecule has 114 valence electrons. The van der Waals surface area contributed by atoms with Gasteiger partial charge in [0.1, 0.15) is 6.61 Å². The van der Waals surface area contributed by atoms with Gasteiger partial charge in [0.25, 0.3) is 0 Å². The van der Waals surface area contributed by atoms with Crippen LogP contribution in [-0.2, 0) is 11.3 Å². The second-order valence-corrected chi connectivity index (χ2v) is 6.91. The van der Waals surface area contributed by atoms with Gasteiger partial charge in [-0.3, -0.25) is 0 Å². The summed E-state index contributed by atoms with van der Waals surface area (Å²) in [6, 6.07) is 0.385. The smallest absolute Gasteiger partial charge is 0.202 e. The van der Waals surface area contributed by atoms with Crippen molar-refractivity contribution in [2.24, 2.45) is 11.8 Å². The van der Waals surface area contributed by atoms with Crippen molar-refractivity contribution >= 4 is 16.7 Å². The van der Waals surface area contributed by atoms with E-state index in [-0.39, 0.29) is 0 Å². The van der Waals surface area contributed by atoms with Crippen LogP contribution in [0.25, 0.3) is 0 Å². The fraction of sp³-hybridized carbons (Fsp3) is 0.857. The molecule has 0 spiro atoms. The van der Waals surface area contributed by atoms with Crippen LogP contribution in [0.3, 0.4) is 0 Å². The number of likely N-dealkylation sites (tertiary alicyclic amines) is 1. The summed E-state index contributed by atoms with van der Waals surface area (Å²) >= 11 is 1.41. The van der Waals surface area contributed by atoms with Gasteiger partial charge in [0.05, 0.1) is 0 Å². The molecule has 0 saturated carbocycles. The van der Waals surface area contributed by atoms with Gasteiger partial charge >= 0.3 is 0 Å². The van der Waals surface area contributed by atoms with Gasteiger partial charge in [-0.1, -0.05) is 13.8 Å². The van der Waals surface area contributed by atoms with E-state index in [4.69, 9.17) is 4.74 Å². The van der Waals surface area contributed by atoms with Crippen molar-refractivity contribution < 1.29 is 4.74 Å². The monoisotopic (exact) mass is 298 g/mol. The van der Waals surface area contributed by atoms with Crippen LogP contribution in [0.2, 0.25) is 0 Å². The van der Waals surface area contributed by atoms with Crippen LogP contribution >= 0.6 is 11.5 Å². The Morgan fingerprint density at radius 2 is 2.10 bits per heavy atom. The predicted molar refractivity (Wildman–Crippen MR) is 83.1 cm³/mol. The second-order valence-electron chi connectivity index (χ2n) is 6.16. The molecule has 1 aliphatic heterocycles. The van der Waals surface area contributed by atoms with Crippen molar-refractivity contribution in [3.8, 4) is 0 Å². The number of nitrogens with one attached hydrogen (secondary N) is 1. The maximum Gasteiger partial charge on any atom is 0.202 e. The lowest BCUT2D eigenvalue weighted by Crippen LogP contribution is -2.43. The third-order valence-electron chi connectivity index (χ3n) is 3.59. The van der Waals surface area contributed by atoms with E-state index >= 15 is 0 Å². The molecule has 1 aromatic rings. The number of hydrogen-bond acceptors (Lipinski definition) is 6. The average Bonchev–Trinajstić information content (AvgIpc) is 2.75. The fourth-order valence-corrected chi connectivity index (χ4v) is 3.77. The Kier molecular flexibility index (Phi) is 5.74. The van der Waals surface area contributed by atoms with Crippen molar-refractivity contribution in [2.45, 2.75) is 39.8 Å². The summed E-state index contributed by atoms with van der Waals surface area (Å²) in [5.74, 6) is 2.37. The number of ether oxygens (including phenoxy) is 1. The minimum atomic E-state index is 0.385. The minimum absolute atomic E-state index is 0.385. The topological polar surface area (TPSA) is 50.3 Å². The molecule has 0 aromatic carbocycles. The second kappa shape index (κ2) is 7.33. The molecule has 0 amide bonds. The molecule has 1 aromatic heterocycles. The highest BCUT2D eigenvalue weighted by molar-refractivity contribution is 7.09. The summed E-state index contributed by atoms with van der Waals surface area (Å²) < 4.78 is 9.30. The van der Waals surface area contributed by atoms with E-state index in [1.165, 1.54) is 31.0 Å². The van der Waals surface area contributed by atoms with Crippen molar-refractivity contribution in [3.63, 3.8) is 0 Å². The van der Waals surface area contributed by atoms with Crippen LogP contribution in [0.5, 0.6) is 0 Å². The van der Waals surface area contributed by atoms with Gasteiger partial charge in [0, 0.05) is 44.3 Å². The number of anilines is 1. The predicted octanol–water partition coefficient (Wildman–Crippen LogP) is 2.46. The minimum Gasteiger partial charge on any atom is -0.377 e. The molecule has 2 rings (SSSR count). The zero-order valence-electron chi connectivity index (χ0n) is 12.9. The molecule has 1 fully saturated rings. The molecule has 1 N–H and O–H groups in total. The van der Waals surface area contributed by atoms with Gasteiger partial charge < -0.3 is 15.0 Å². The highest BCUT2D eigenvalue weighted by atomic mass is 32.1. The Labute approximate surface area is 125 Å². The molecule has 0 radical (unpaired) electrons. The van der Waals surface area contributed by atoms with Gasteiger partial charge in [-0.25, -0.2) is 4.98 Å². The Bertz CT molecular complexity index is 402. The third kappa shape index (κ3) is 4.68. The first-order valence-corrected chi connectivity index (χ1v) is 8.14. The van der Waals surface area contributed by atoms with E-state index in [1.807, 2.05) is 0 Å². The highest BCUT2D eigenvalue weighted by Crippen LogP contribution is 2.21. The summed E-state index contributed by atoms with van der Waals surface area (Å²) in [5.41, 5.74) is 0. The van der Waals surface area contributed by atoms with E-state index in [9.17, 15) is 0 Å². The van der Waals surface area contributed by atoms with Crippen LogP contribution in [0.1, 0.15) is 33.0 Å². The molecule has 5 nitrogen and oxygen atoms in total. The van der Waals surface area contributed by atoms with E-state index < -0.39 is 0 Å². The van der Waals surface area contributed by atoms with Gasteiger partial charge in [0.2, 0.25) is 5.13 Å². The molecule has 6 heteroatoms. The first-order valence-electron chi connectivity index (χ1n) is 7.37. The Morgan fingerprint density at radius 1 is 1.40 bits per heavy atom. The molecule has 20 heavy (non-hydrogen) atoms. The van der Waals surface area contributed by atoms with Gasteiger partial charge in [-0.2, -0.15) is 4.37 Å². The summed E-state index contributed by atoms with van der Waals surface area (Å²) in [4.78, 5) is 6.98. The van der Waals surface area contributed by atoms with E-state index in [0.717, 1.165) is 29.3 Å². The number of nitrogens with zero attached hydrogens (tertiary/aromatic N) is 3. The zero-order chi connectivity index (χ0) is 14.5. The van der Waals surface area contributed by atoms with Gasteiger partial charge in [-0.05, 0) is 25.2 Å². The average molecular weight is 298 g/mol. The van der Waals surface area contributed by atoms with Crippen molar-refractivity contribution in [1.29, 1.82) is 0 Å². The molecule has 0 aliphatic carbocycles. The number of aromatic nitrogens is 2. The first-order chi connectivity index (χ1) is 9.56. The molecule has 0 unspecified atom stereocenters. The summed E-state index contributed by atoms with van der Waals surface area (Å²) in [6.45, 7) is 10.9. The first kappa shape index (κ1) is 15.7. The Balaban J connectivity index is 1.80. The Hall–Kier alpha value is -0.720. The standard InChI is InChI=1S/C14H26N4OS/c1-10-5-11(2)7-18(6-10)8-12(3)15-14-16-13(9-19-4)17-20-14/h10-12H,5-9H2,1-4H3,(H,15,16,17)/t10-,11-,12+/m0/s1. The summed E-state index contributed by atoms with van der Waals surface area (Å²) in [6.07, 6.45) is 1.36. The molecule has 0 bridgehead atoms. The lowest BCUT2D eigenvalue weighted by molar-refractivity contribution is 0.138. The lowest BCUT2D eigenvalue weighted by Gasteiger charge is -2.36. The zero-order valence-corrected chi connectivity index (χ0v) is 13.7. The van der Waals surface area contributed by atoms with E-state index in [2.05, 4.69) is 40.3 Å². The largest absolute Gasteiger partial charge is 0.377 e. The molecular weight excluding hydrogens is 272 g/mol. The normalized spacial score (nSPS) is 25.6. The molecule has 1 aliphatic rings. The van der Waals surface area contributed by atoms with Crippen LogP contribution in [0, 0.1) is 11.8 Å². The number of piperidine rings is 1. The molecule has 1 saturated heterocycles. The molecule has 2 heterocycles. The lowest BCUT2D eigenvalue weighted by atomic mass is 9.92. The van der Waals surface area contributed by atoms with E-state index in [0.29, 0.717) is 12.6 Å². The quantitative estimate of drug-likeness (QED) is 0.874. The summed E-state index contributed by atoms with van der Waals surface area (Å²) in [7, 11) is 1.66. The van der Waals surface area contributed by atoms with Crippen LogP contribution in [0.4, 0.5) is 5.13 Å². The van der Waals surface area contributed by atoms with Crippen LogP contribution < -0.4 is 5.32 Å². The fourth-order valence-electron chi connectivity index (χ4n) is 3.09. The number of hydrogen-bond donors (Lipinski definition) is 1. The van der Waals surface area contributed by atoms with E-state index in [1.54, 1.807) is 7.11 Å². The maximum atomic E-state index is 5.04. The highest BCUT2D eigenvalue weighted by Gasteiger charge is 2.23. The SMILES string of the molecule is COCc1nsc(N[C@H](C)CN2C[C@@H](C)C[C@H](C)C2)n1. The van der Waals surface area contributed by atoms with Crippen molar-refractivity contribution in [3.05, 3.63) is 5.82 Å². The number of rotatable bonds is 6. The Morgan fingerprint density at radius 3 is 2.75 bits per heavy atom. The van der Waals surface area contributed by atoms with Gasteiger partial charge in [-0.15, -0.1) is 0 Å². The molecular formula is C14H26N4OS.